The van der Waals surface area contributed by atoms with E-state index in [1.54, 1.807) is 47.4 Å². The lowest BCUT2D eigenvalue weighted by atomic mass is 10.1. The van der Waals surface area contributed by atoms with E-state index in [1.807, 2.05) is 25.4 Å². The number of carbonyl (C=O) groups is 1. The maximum atomic E-state index is 12.5. The van der Waals surface area contributed by atoms with Gasteiger partial charge in [0.25, 0.3) is 0 Å². The highest BCUT2D eigenvalue weighted by atomic mass is 16.6. The molecule has 0 aliphatic carbocycles. The summed E-state index contributed by atoms with van der Waals surface area (Å²) in [6, 6.07) is 9.01. The Morgan fingerprint density at radius 2 is 1.88 bits per heavy atom. The second-order valence-electron chi connectivity index (χ2n) is 5.90. The van der Waals surface area contributed by atoms with E-state index in [2.05, 4.69) is 10.1 Å². The number of rotatable bonds is 4. The minimum atomic E-state index is -0.105. The first-order valence-electron chi connectivity index (χ1n) is 8.27. The molecule has 1 aliphatic heterocycles. The fourth-order valence-corrected chi connectivity index (χ4v) is 2.82. The lowest BCUT2D eigenvalue weighted by molar-refractivity contribution is 0.104. The molecule has 6 heteroatoms. The summed E-state index contributed by atoms with van der Waals surface area (Å²) < 4.78 is 12.7. The first kappa shape index (κ1) is 16.1. The third-order valence-electron chi connectivity index (χ3n) is 4.05. The van der Waals surface area contributed by atoms with E-state index in [-0.39, 0.29) is 5.78 Å². The Balaban J connectivity index is 1.60. The summed E-state index contributed by atoms with van der Waals surface area (Å²) in [5.41, 5.74) is 3.18. The Bertz CT molecular complexity index is 977. The van der Waals surface area contributed by atoms with E-state index >= 15 is 0 Å². The molecule has 0 saturated carbocycles. The quantitative estimate of drug-likeness (QED) is 0.536. The molecule has 0 atom stereocenters. The van der Waals surface area contributed by atoms with Crippen molar-refractivity contribution in [3.8, 4) is 22.8 Å². The zero-order valence-corrected chi connectivity index (χ0v) is 14.3. The van der Waals surface area contributed by atoms with Crippen LogP contribution in [-0.2, 0) is 7.05 Å². The normalized spacial score (nSPS) is 13.1. The molecule has 0 radical (unpaired) electrons. The molecule has 1 aliphatic rings. The van der Waals surface area contributed by atoms with Crippen LogP contribution in [0.25, 0.3) is 17.3 Å². The van der Waals surface area contributed by atoms with E-state index in [4.69, 9.17) is 9.47 Å². The van der Waals surface area contributed by atoms with Crippen molar-refractivity contribution >= 4 is 11.9 Å². The van der Waals surface area contributed by atoms with Gasteiger partial charge in [-0.15, -0.1) is 0 Å². The molecule has 130 valence electrons. The van der Waals surface area contributed by atoms with Gasteiger partial charge in [-0.3, -0.25) is 14.5 Å². The molecule has 0 bridgehead atoms. The number of pyridine rings is 1. The van der Waals surface area contributed by atoms with Crippen molar-refractivity contribution in [2.75, 3.05) is 13.2 Å². The predicted octanol–water partition coefficient (Wildman–Crippen LogP) is 3.15. The van der Waals surface area contributed by atoms with Crippen LogP contribution < -0.4 is 9.47 Å². The van der Waals surface area contributed by atoms with Gasteiger partial charge in [0.2, 0.25) is 0 Å². The molecule has 3 heterocycles. The molecule has 0 unspecified atom stereocenters. The van der Waals surface area contributed by atoms with Gasteiger partial charge in [0, 0.05) is 42.3 Å². The highest BCUT2D eigenvalue weighted by Gasteiger charge is 2.14. The third kappa shape index (κ3) is 3.21. The number of ether oxygens (including phenoxy) is 2. The Hall–Kier alpha value is -3.41. The lowest BCUT2D eigenvalue weighted by Crippen LogP contribution is -2.15. The van der Waals surface area contributed by atoms with Crippen molar-refractivity contribution in [2.45, 2.75) is 0 Å². The number of aryl methyl sites for hydroxylation is 1. The zero-order valence-electron chi connectivity index (χ0n) is 14.3. The van der Waals surface area contributed by atoms with Gasteiger partial charge in [-0.1, -0.05) is 0 Å². The highest BCUT2D eigenvalue weighted by Crippen LogP contribution is 2.31. The number of ketones is 1. The Morgan fingerprint density at radius 3 is 2.69 bits per heavy atom. The van der Waals surface area contributed by atoms with Gasteiger partial charge in [0.1, 0.15) is 13.2 Å². The smallest absolute Gasteiger partial charge is 0.185 e. The molecule has 0 fully saturated rings. The monoisotopic (exact) mass is 347 g/mol. The molecule has 3 aromatic rings. The second-order valence-corrected chi connectivity index (χ2v) is 5.90. The fourth-order valence-electron chi connectivity index (χ4n) is 2.82. The Morgan fingerprint density at radius 1 is 1.12 bits per heavy atom. The van der Waals surface area contributed by atoms with Gasteiger partial charge in [-0.05, 0) is 42.5 Å². The van der Waals surface area contributed by atoms with Gasteiger partial charge < -0.3 is 9.47 Å². The molecule has 26 heavy (non-hydrogen) atoms. The van der Waals surface area contributed by atoms with Crippen LogP contribution in [0, 0.1) is 0 Å². The van der Waals surface area contributed by atoms with Gasteiger partial charge in [0.05, 0.1) is 5.69 Å². The Kier molecular flexibility index (Phi) is 4.23. The van der Waals surface area contributed by atoms with Crippen LogP contribution in [-0.4, -0.2) is 33.8 Å². The van der Waals surface area contributed by atoms with E-state index < -0.39 is 0 Å². The SMILES string of the molecule is Cn1cc(/C=C/C(=O)c2ccc3c(c2)OCCO3)c(-c2ccncc2)n1. The average Bonchev–Trinajstić information content (AvgIpc) is 3.07. The van der Waals surface area contributed by atoms with Gasteiger partial charge in [0.15, 0.2) is 17.3 Å². The van der Waals surface area contributed by atoms with Gasteiger partial charge >= 0.3 is 0 Å². The summed E-state index contributed by atoms with van der Waals surface area (Å²) in [5.74, 6) is 1.17. The first-order valence-corrected chi connectivity index (χ1v) is 8.27. The van der Waals surface area contributed by atoms with Crippen LogP contribution in [0.15, 0.2) is 55.0 Å². The van der Waals surface area contributed by atoms with Crippen molar-refractivity contribution in [1.82, 2.24) is 14.8 Å². The number of aromatic nitrogens is 3. The van der Waals surface area contributed by atoms with Crippen molar-refractivity contribution in [2.24, 2.45) is 7.05 Å². The number of benzene rings is 1. The number of hydrogen-bond acceptors (Lipinski definition) is 5. The molecular formula is C20H17N3O3. The maximum Gasteiger partial charge on any atom is 0.185 e. The molecule has 1 aromatic carbocycles. The summed E-state index contributed by atoms with van der Waals surface area (Å²) in [7, 11) is 1.85. The van der Waals surface area contributed by atoms with E-state index in [1.165, 1.54) is 0 Å². The molecule has 0 spiro atoms. The highest BCUT2D eigenvalue weighted by molar-refractivity contribution is 6.07. The van der Waals surface area contributed by atoms with Crippen LogP contribution in [0.2, 0.25) is 0 Å². The van der Waals surface area contributed by atoms with Gasteiger partial charge in [-0.2, -0.15) is 5.10 Å². The van der Waals surface area contributed by atoms with Crippen molar-refractivity contribution < 1.29 is 14.3 Å². The second kappa shape index (κ2) is 6.84. The fraction of sp³-hybridized carbons (Fsp3) is 0.150. The average molecular weight is 347 g/mol. The van der Waals surface area contributed by atoms with E-state index in [0.29, 0.717) is 30.3 Å². The minimum Gasteiger partial charge on any atom is -0.486 e. The van der Waals surface area contributed by atoms with Crippen LogP contribution in [0.1, 0.15) is 15.9 Å². The van der Waals surface area contributed by atoms with Crippen LogP contribution in [0.3, 0.4) is 0 Å². The topological polar surface area (TPSA) is 66.2 Å². The summed E-state index contributed by atoms with van der Waals surface area (Å²) in [5, 5.41) is 4.48. The summed E-state index contributed by atoms with van der Waals surface area (Å²) >= 11 is 0. The van der Waals surface area contributed by atoms with E-state index in [9.17, 15) is 4.79 Å². The number of allylic oxidation sites excluding steroid dienone is 1. The largest absolute Gasteiger partial charge is 0.486 e. The molecule has 6 nitrogen and oxygen atoms in total. The minimum absolute atomic E-state index is 0.105. The maximum absolute atomic E-state index is 12.5. The predicted molar refractivity (Wildman–Crippen MR) is 97.2 cm³/mol. The molecule has 0 saturated heterocycles. The summed E-state index contributed by atoms with van der Waals surface area (Å²) in [4.78, 5) is 16.6. The lowest BCUT2D eigenvalue weighted by Gasteiger charge is -2.18. The van der Waals surface area contributed by atoms with Crippen LogP contribution in [0.5, 0.6) is 11.5 Å². The van der Waals surface area contributed by atoms with Crippen LogP contribution >= 0.6 is 0 Å². The summed E-state index contributed by atoms with van der Waals surface area (Å²) in [6.45, 7) is 1.02. The van der Waals surface area contributed by atoms with Crippen molar-refractivity contribution in [1.29, 1.82) is 0 Å². The number of carbonyl (C=O) groups excluding carboxylic acids is 1. The molecular weight excluding hydrogens is 330 g/mol. The standard InChI is InChI=1S/C20H17N3O3/c1-23-13-16(20(22-23)14-6-8-21-9-7-14)2-4-17(24)15-3-5-18-19(12-15)26-11-10-25-18/h2-9,12-13H,10-11H2,1H3/b4-2+. The van der Waals surface area contributed by atoms with Crippen LogP contribution in [0.4, 0.5) is 0 Å². The number of hydrogen-bond donors (Lipinski definition) is 0. The molecule has 4 rings (SSSR count). The number of fused-ring (bicyclic) bond motifs is 1. The number of nitrogens with zero attached hydrogens (tertiary/aromatic N) is 3. The third-order valence-corrected chi connectivity index (χ3v) is 4.05. The molecule has 0 N–H and O–H groups in total. The van der Waals surface area contributed by atoms with E-state index in [0.717, 1.165) is 16.8 Å². The Labute approximate surface area is 150 Å². The van der Waals surface area contributed by atoms with Gasteiger partial charge in [-0.25, -0.2) is 0 Å². The molecule has 0 amide bonds. The van der Waals surface area contributed by atoms with Crippen molar-refractivity contribution in [3.63, 3.8) is 0 Å². The summed E-state index contributed by atoms with van der Waals surface area (Å²) in [6.07, 6.45) is 8.65. The molecule has 2 aromatic heterocycles. The first-order chi connectivity index (χ1) is 12.7. The van der Waals surface area contributed by atoms with Crippen molar-refractivity contribution in [3.05, 3.63) is 66.1 Å². The zero-order chi connectivity index (χ0) is 17.9.